The van der Waals surface area contributed by atoms with Crippen molar-refractivity contribution in [2.45, 2.75) is 13.3 Å². The largest absolute Gasteiger partial charge is 0.508 e. The van der Waals surface area contributed by atoms with E-state index < -0.39 is 0 Å². The fraction of sp³-hybridized carbons (Fsp3) is 0.333. The molecule has 1 rings (SSSR count). The molecule has 0 saturated carbocycles. The second kappa shape index (κ2) is 7.16. The number of amides is 2. The highest BCUT2D eigenvalue weighted by atomic mass is 16.5. The summed E-state index contributed by atoms with van der Waals surface area (Å²) in [5.41, 5.74) is 0. The highest BCUT2D eigenvalue weighted by Gasteiger charge is 2.01. The summed E-state index contributed by atoms with van der Waals surface area (Å²) in [6.45, 7) is 1.73. The molecule has 6 nitrogen and oxygen atoms in total. The fourth-order valence-corrected chi connectivity index (χ4v) is 1.16. The van der Waals surface area contributed by atoms with Gasteiger partial charge in [0.25, 0.3) is 0 Å². The molecule has 0 aliphatic rings. The molecule has 0 aliphatic carbocycles. The lowest BCUT2D eigenvalue weighted by Crippen LogP contribution is -2.36. The minimum absolute atomic E-state index is 0.118. The average molecular weight is 252 g/mol. The molecular formula is C12H16N2O4. The van der Waals surface area contributed by atoms with Crippen LogP contribution < -0.4 is 15.4 Å². The molecule has 0 fully saturated rings. The number of ether oxygens (including phenoxy) is 1. The Labute approximate surface area is 105 Å². The summed E-state index contributed by atoms with van der Waals surface area (Å²) in [6, 6.07) is 6.24. The average Bonchev–Trinajstić information content (AvgIpc) is 2.31. The van der Waals surface area contributed by atoms with Crippen molar-refractivity contribution in [2.75, 3.05) is 13.3 Å². The zero-order chi connectivity index (χ0) is 13.4. The molecule has 0 bridgehead atoms. The summed E-state index contributed by atoms with van der Waals surface area (Å²) >= 11 is 0. The Hall–Kier alpha value is -2.24. The predicted octanol–water partition coefficient (Wildman–Crippen LogP) is 0.371. The molecule has 0 heterocycles. The third-order valence-electron chi connectivity index (χ3n) is 2.06. The lowest BCUT2D eigenvalue weighted by atomic mass is 10.3. The van der Waals surface area contributed by atoms with Crippen LogP contribution in [0, 0.1) is 0 Å². The second-order valence-corrected chi connectivity index (χ2v) is 3.60. The topological polar surface area (TPSA) is 87.7 Å². The number of phenolic OH excluding ortho intramolecular Hbond substituents is 1. The van der Waals surface area contributed by atoms with Gasteiger partial charge < -0.3 is 20.5 Å². The monoisotopic (exact) mass is 252 g/mol. The van der Waals surface area contributed by atoms with Gasteiger partial charge in [0.2, 0.25) is 11.8 Å². The minimum Gasteiger partial charge on any atom is -0.508 e. The molecule has 0 radical (unpaired) electrons. The van der Waals surface area contributed by atoms with Gasteiger partial charge in [0.15, 0.2) is 0 Å². The van der Waals surface area contributed by atoms with Crippen LogP contribution in [0.5, 0.6) is 11.5 Å². The molecule has 6 heteroatoms. The number of benzene rings is 1. The summed E-state index contributed by atoms with van der Waals surface area (Å²) in [5, 5.41) is 14.0. The Bertz CT molecular complexity index is 403. The van der Waals surface area contributed by atoms with Gasteiger partial charge in [0.1, 0.15) is 11.5 Å². The lowest BCUT2D eigenvalue weighted by Gasteiger charge is -2.07. The van der Waals surface area contributed by atoms with Crippen molar-refractivity contribution in [2.24, 2.45) is 0 Å². The first-order valence-electron chi connectivity index (χ1n) is 5.51. The van der Waals surface area contributed by atoms with E-state index in [-0.39, 0.29) is 37.3 Å². The van der Waals surface area contributed by atoms with Gasteiger partial charge in [-0.25, -0.2) is 0 Å². The molecule has 0 unspecified atom stereocenters. The van der Waals surface area contributed by atoms with E-state index in [4.69, 9.17) is 9.84 Å². The van der Waals surface area contributed by atoms with Crippen molar-refractivity contribution in [1.29, 1.82) is 0 Å². The molecular weight excluding hydrogens is 236 g/mol. The third-order valence-corrected chi connectivity index (χ3v) is 2.06. The number of phenols is 1. The SMILES string of the molecule is CC(=O)NCNC(=O)CCOc1ccc(O)cc1. The summed E-state index contributed by atoms with van der Waals surface area (Å²) in [7, 11) is 0. The van der Waals surface area contributed by atoms with Crippen molar-refractivity contribution in [3.05, 3.63) is 24.3 Å². The van der Waals surface area contributed by atoms with E-state index in [0.717, 1.165) is 0 Å². The van der Waals surface area contributed by atoms with E-state index in [1.807, 2.05) is 0 Å². The van der Waals surface area contributed by atoms with Gasteiger partial charge in [-0.05, 0) is 24.3 Å². The van der Waals surface area contributed by atoms with Crippen LogP contribution in [-0.2, 0) is 9.59 Å². The van der Waals surface area contributed by atoms with Gasteiger partial charge in [0, 0.05) is 6.92 Å². The Morgan fingerprint density at radius 2 is 1.89 bits per heavy atom. The summed E-state index contributed by atoms with van der Waals surface area (Å²) in [4.78, 5) is 21.8. The maximum atomic E-state index is 11.3. The van der Waals surface area contributed by atoms with Gasteiger partial charge in [-0.15, -0.1) is 0 Å². The first-order chi connectivity index (χ1) is 8.58. The van der Waals surface area contributed by atoms with Crippen molar-refractivity contribution >= 4 is 11.8 Å². The smallest absolute Gasteiger partial charge is 0.224 e. The fourth-order valence-electron chi connectivity index (χ4n) is 1.16. The Balaban J connectivity index is 2.15. The number of rotatable bonds is 6. The summed E-state index contributed by atoms with van der Waals surface area (Å²) in [5.74, 6) is 0.344. The van der Waals surface area contributed by atoms with E-state index in [2.05, 4.69) is 10.6 Å². The first kappa shape index (κ1) is 13.8. The van der Waals surface area contributed by atoms with Crippen molar-refractivity contribution in [3.63, 3.8) is 0 Å². The third kappa shape index (κ3) is 5.74. The van der Waals surface area contributed by atoms with E-state index in [1.54, 1.807) is 12.1 Å². The lowest BCUT2D eigenvalue weighted by molar-refractivity contribution is -0.122. The van der Waals surface area contributed by atoms with E-state index in [1.165, 1.54) is 19.1 Å². The molecule has 0 saturated heterocycles. The van der Waals surface area contributed by atoms with E-state index in [9.17, 15) is 9.59 Å². The normalized spacial score (nSPS) is 9.61. The van der Waals surface area contributed by atoms with Crippen LogP contribution in [0.3, 0.4) is 0 Å². The maximum absolute atomic E-state index is 11.3. The van der Waals surface area contributed by atoms with Crippen molar-refractivity contribution < 1.29 is 19.4 Å². The molecule has 18 heavy (non-hydrogen) atoms. The van der Waals surface area contributed by atoms with Gasteiger partial charge >= 0.3 is 0 Å². The van der Waals surface area contributed by atoms with Crippen LogP contribution in [-0.4, -0.2) is 30.2 Å². The molecule has 1 aromatic rings. The summed E-state index contributed by atoms with van der Waals surface area (Å²) in [6.07, 6.45) is 0.195. The molecule has 3 N–H and O–H groups in total. The number of hydrogen-bond donors (Lipinski definition) is 3. The summed E-state index contributed by atoms with van der Waals surface area (Å²) < 4.78 is 5.30. The highest BCUT2D eigenvalue weighted by molar-refractivity contribution is 5.77. The molecule has 1 aromatic carbocycles. The van der Waals surface area contributed by atoms with Crippen LogP contribution in [0.1, 0.15) is 13.3 Å². The Kier molecular flexibility index (Phi) is 5.50. The van der Waals surface area contributed by atoms with Gasteiger partial charge in [0.05, 0.1) is 19.7 Å². The number of carbonyl (C=O) groups excluding carboxylic acids is 2. The molecule has 2 amide bonds. The van der Waals surface area contributed by atoms with Crippen LogP contribution in [0.15, 0.2) is 24.3 Å². The van der Waals surface area contributed by atoms with Gasteiger partial charge in [-0.1, -0.05) is 0 Å². The quantitative estimate of drug-likeness (QED) is 0.638. The zero-order valence-corrected chi connectivity index (χ0v) is 10.1. The first-order valence-corrected chi connectivity index (χ1v) is 5.51. The number of hydrogen-bond acceptors (Lipinski definition) is 4. The molecule has 98 valence electrons. The molecule has 0 spiro atoms. The van der Waals surface area contributed by atoms with E-state index in [0.29, 0.717) is 5.75 Å². The minimum atomic E-state index is -0.206. The second-order valence-electron chi connectivity index (χ2n) is 3.60. The van der Waals surface area contributed by atoms with Crippen molar-refractivity contribution in [1.82, 2.24) is 10.6 Å². The Morgan fingerprint density at radius 3 is 2.50 bits per heavy atom. The van der Waals surface area contributed by atoms with E-state index >= 15 is 0 Å². The standard InChI is InChI=1S/C12H16N2O4/c1-9(15)13-8-14-12(17)6-7-18-11-4-2-10(16)3-5-11/h2-5,16H,6-8H2,1H3,(H,13,15)(H,14,17). The van der Waals surface area contributed by atoms with Crippen LogP contribution in [0.25, 0.3) is 0 Å². The maximum Gasteiger partial charge on any atom is 0.224 e. The predicted molar refractivity (Wildman–Crippen MR) is 65.0 cm³/mol. The van der Waals surface area contributed by atoms with Crippen molar-refractivity contribution in [3.8, 4) is 11.5 Å². The Morgan fingerprint density at radius 1 is 1.22 bits per heavy atom. The molecule has 0 aliphatic heterocycles. The van der Waals surface area contributed by atoms with Gasteiger partial charge in [-0.2, -0.15) is 0 Å². The van der Waals surface area contributed by atoms with Crippen LogP contribution in [0.4, 0.5) is 0 Å². The molecule has 0 atom stereocenters. The number of nitrogens with one attached hydrogen (secondary N) is 2. The van der Waals surface area contributed by atoms with Crippen LogP contribution >= 0.6 is 0 Å². The van der Waals surface area contributed by atoms with Gasteiger partial charge in [-0.3, -0.25) is 9.59 Å². The molecule has 0 aromatic heterocycles. The highest BCUT2D eigenvalue weighted by Crippen LogP contribution is 2.15. The number of aromatic hydroxyl groups is 1. The van der Waals surface area contributed by atoms with Crippen LogP contribution in [0.2, 0.25) is 0 Å². The number of carbonyl (C=O) groups is 2. The zero-order valence-electron chi connectivity index (χ0n) is 10.1.